The normalized spacial score (nSPS) is 18.9. The number of methoxy groups -OCH3 is 2. The van der Waals surface area contributed by atoms with E-state index in [1.165, 1.54) is 26.4 Å². The first kappa shape index (κ1) is 23.2. The molecule has 2 N–H and O–H groups in total. The van der Waals surface area contributed by atoms with E-state index in [1.807, 2.05) is 0 Å². The summed E-state index contributed by atoms with van der Waals surface area (Å²) in [6.45, 7) is 0. The molecule has 1 amide bonds. The first-order valence-electron chi connectivity index (χ1n) is 8.53. The van der Waals surface area contributed by atoms with Gasteiger partial charge in [-0.05, 0) is 25.0 Å². The van der Waals surface area contributed by atoms with Crippen molar-refractivity contribution in [2.45, 2.75) is 25.0 Å². The second kappa shape index (κ2) is 11.8. The van der Waals surface area contributed by atoms with Crippen LogP contribution in [0, 0.1) is 17.6 Å². The maximum Gasteiger partial charge on any atom is 0.312 e. The molecular formula is C19H24F2N2O5. The summed E-state index contributed by atoms with van der Waals surface area (Å²) in [6, 6.07) is 3.10. The Morgan fingerprint density at radius 2 is 1.79 bits per heavy atom. The van der Waals surface area contributed by atoms with Gasteiger partial charge in [0, 0.05) is 32.0 Å². The quantitative estimate of drug-likeness (QED) is 0.329. The molecule has 0 aliphatic heterocycles. The monoisotopic (exact) mass is 398 g/mol. The lowest BCUT2D eigenvalue weighted by atomic mass is 9.93. The molecule has 1 unspecified atom stereocenters. The van der Waals surface area contributed by atoms with Gasteiger partial charge < -0.3 is 20.1 Å². The zero-order valence-corrected chi connectivity index (χ0v) is 15.9. The van der Waals surface area contributed by atoms with Gasteiger partial charge in [0.05, 0.1) is 13.0 Å². The number of benzene rings is 1. The Morgan fingerprint density at radius 1 is 1.14 bits per heavy atom. The maximum atomic E-state index is 12.3. The number of amides is 1. The van der Waals surface area contributed by atoms with Crippen molar-refractivity contribution in [2.24, 2.45) is 5.92 Å². The third kappa shape index (κ3) is 7.43. The Balaban J connectivity index is 0.000000330. The molecule has 0 radical (unpaired) electrons. The molecule has 0 bridgehead atoms. The lowest BCUT2D eigenvalue weighted by Gasteiger charge is -2.23. The fraction of sp³-hybridized carbons (Fsp3) is 0.421. The van der Waals surface area contributed by atoms with Gasteiger partial charge in [-0.1, -0.05) is 12.2 Å². The maximum absolute atomic E-state index is 12.3. The number of carbonyl (C=O) groups is 3. The first-order valence-corrected chi connectivity index (χ1v) is 8.53. The summed E-state index contributed by atoms with van der Waals surface area (Å²) in [4.78, 5) is 33.4. The number of hydrogen-bond acceptors (Lipinski definition) is 6. The van der Waals surface area contributed by atoms with E-state index in [-0.39, 0.29) is 17.9 Å². The molecule has 9 heteroatoms. The first-order chi connectivity index (χ1) is 13.3. The summed E-state index contributed by atoms with van der Waals surface area (Å²) in [5.74, 6) is -2.14. The minimum atomic E-state index is -1.09. The van der Waals surface area contributed by atoms with E-state index >= 15 is 0 Å². The minimum Gasteiger partial charge on any atom is -0.469 e. The molecule has 3 atom stereocenters. The van der Waals surface area contributed by atoms with E-state index in [4.69, 9.17) is 4.74 Å². The van der Waals surface area contributed by atoms with Crippen molar-refractivity contribution in [3.05, 3.63) is 42.0 Å². The number of hydrogen-bond donors (Lipinski definition) is 2. The minimum absolute atomic E-state index is 0.184. The summed E-state index contributed by atoms with van der Waals surface area (Å²) in [5, 5.41) is 5.29. The third-order valence-corrected chi connectivity index (χ3v) is 3.98. The Morgan fingerprint density at radius 3 is 2.21 bits per heavy atom. The zero-order chi connectivity index (χ0) is 21.1. The van der Waals surface area contributed by atoms with Crippen molar-refractivity contribution in [3.8, 4) is 0 Å². The van der Waals surface area contributed by atoms with Crippen LogP contribution in [0.2, 0.25) is 0 Å². The molecule has 0 saturated carbocycles. The van der Waals surface area contributed by atoms with Crippen LogP contribution in [0.1, 0.15) is 12.8 Å². The van der Waals surface area contributed by atoms with Crippen molar-refractivity contribution in [3.63, 3.8) is 0 Å². The lowest BCUT2D eigenvalue weighted by molar-refractivity contribution is -0.144. The topological polar surface area (TPSA) is 93.7 Å². The van der Waals surface area contributed by atoms with Crippen molar-refractivity contribution in [2.75, 3.05) is 26.6 Å². The van der Waals surface area contributed by atoms with Gasteiger partial charge >= 0.3 is 5.97 Å². The molecule has 0 heterocycles. The van der Waals surface area contributed by atoms with Crippen LogP contribution in [0.25, 0.3) is 0 Å². The van der Waals surface area contributed by atoms with Crippen LogP contribution in [0.15, 0.2) is 30.4 Å². The van der Waals surface area contributed by atoms with Crippen LogP contribution in [0.5, 0.6) is 0 Å². The highest BCUT2D eigenvalue weighted by molar-refractivity contribution is 5.94. The summed E-state index contributed by atoms with van der Waals surface area (Å²) < 4.78 is 34.0. The van der Waals surface area contributed by atoms with Crippen LogP contribution in [0.4, 0.5) is 14.5 Å². The largest absolute Gasteiger partial charge is 0.469 e. The van der Waals surface area contributed by atoms with E-state index in [2.05, 4.69) is 15.4 Å². The number of nitrogens with one attached hydrogen (secondary N) is 2. The number of halogens is 2. The fourth-order valence-corrected chi connectivity index (χ4v) is 2.48. The SMILES string of the molecule is CNc1cc(F)cc(F)c1.COC(=O)[C@H]1C=C[C@@H](NC(=O)C(C=O)OC)CC1. The van der Waals surface area contributed by atoms with Crippen molar-refractivity contribution < 1.29 is 32.6 Å². The molecular weight excluding hydrogens is 374 g/mol. The summed E-state index contributed by atoms with van der Waals surface area (Å²) in [6.07, 6.45) is 4.03. The molecule has 0 fully saturated rings. The van der Waals surface area contributed by atoms with E-state index in [1.54, 1.807) is 19.2 Å². The summed E-state index contributed by atoms with van der Waals surface area (Å²) in [7, 11) is 4.24. The predicted octanol–water partition coefficient (Wildman–Crippen LogP) is 1.83. The molecule has 1 aliphatic rings. The smallest absolute Gasteiger partial charge is 0.312 e. The molecule has 0 aromatic heterocycles. The van der Waals surface area contributed by atoms with Gasteiger partial charge in [0.1, 0.15) is 11.6 Å². The number of esters is 1. The molecule has 154 valence electrons. The third-order valence-electron chi connectivity index (χ3n) is 3.98. The molecule has 7 nitrogen and oxygen atoms in total. The average Bonchev–Trinajstić information content (AvgIpc) is 2.68. The lowest BCUT2D eigenvalue weighted by Crippen LogP contribution is -2.43. The second-order valence-electron chi connectivity index (χ2n) is 5.91. The van der Waals surface area contributed by atoms with Crippen molar-refractivity contribution in [1.29, 1.82) is 0 Å². The van der Waals surface area contributed by atoms with Crippen LogP contribution < -0.4 is 10.6 Å². The van der Waals surface area contributed by atoms with Crippen LogP contribution in [-0.4, -0.2) is 51.6 Å². The summed E-state index contributed by atoms with van der Waals surface area (Å²) in [5.41, 5.74) is 0.442. The van der Waals surface area contributed by atoms with Crippen LogP contribution >= 0.6 is 0 Å². The zero-order valence-electron chi connectivity index (χ0n) is 15.9. The molecule has 1 aromatic rings. The van der Waals surface area contributed by atoms with Gasteiger partial charge in [-0.3, -0.25) is 14.4 Å². The van der Waals surface area contributed by atoms with E-state index < -0.39 is 23.6 Å². The number of carbonyl (C=O) groups excluding carboxylic acids is 3. The second-order valence-corrected chi connectivity index (χ2v) is 5.91. The predicted molar refractivity (Wildman–Crippen MR) is 98.6 cm³/mol. The van der Waals surface area contributed by atoms with E-state index in [0.29, 0.717) is 24.8 Å². The Hall–Kier alpha value is -2.81. The van der Waals surface area contributed by atoms with Gasteiger partial charge in [0.25, 0.3) is 5.91 Å². The number of ether oxygens (including phenoxy) is 2. The number of aldehydes is 1. The molecule has 1 aliphatic carbocycles. The van der Waals surface area contributed by atoms with Crippen molar-refractivity contribution in [1.82, 2.24) is 5.32 Å². The highest BCUT2D eigenvalue weighted by atomic mass is 19.1. The van der Waals surface area contributed by atoms with E-state index in [9.17, 15) is 23.2 Å². The molecule has 2 rings (SSSR count). The van der Waals surface area contributed by atoms with Gasteiger partial charge in [-0.15, -0.1) is 0 Å². The molecule has 0 spiro atoms. The molecule has 1 aromatic carbocycles. The van der Waals surface area contributed by atoms with Gasteiger partial charge in [-0.25, -0.2) is 8.78 Å². The van der Waals surface area contributed by atoms with Crippen molar-refractivity contribution >= 4 is 23.9 Å². The Kier molecular flexibility index (Phi) is 9.80. The standard InChI is InChI=1S/C12H17NO5.C7H7F2N/c1-17-10(7-14)11(15)13-9-5-3-8(4-6-9)12(16)18-2;1-10-7-3-5(8)2-6(9)4-7/h3,5,7-10H,4,6H2,1-2H3,(H,13,15);2-4,10H,1H3/t8-,9+,10?;/m0./s1. The Labute approximate surface area is 162 Å². The summed E-state index contributed by atoms with van der Waals surface area (Å²) >= 11 is 0. The van der Waals surface area contributed by atoms with E-state index in [0.717, 1.165) is 6.07 Å². The Bertz CT molecular complexity index is 691. The van der Waals surface area contributed by atoms with Gasteiger partial charge in [0.15, 0.2) is 12.4 Å². The molecule has 28 heavy (non-hydrogen) atoms. The highest BCUT2D eigenvalue weighted by Crippen LogP contribution is 2.18. The van der Waals surface area contributed by atoms with Crippen LogP contribution in [0.3, 0.4) is 0 Å². The van der Waals surface area contributed by atoms with Gasteiger partial charge in [-0.2, -0.15) is 0 Å². The number of rotatable bonds is 6. The average molecular weight is 398 g/mol. The van der Waals surface area contributed by atoms with Gasteiger partial charge in [0.2, 0.25) is 0 Å². The number of anilines is 1. The highest BCUT2D eigenvalue weighted by Gasteiger charge is 2.25. The molecule has 0 saturated heterocycles. The van der Waals surface area contributed by atoms with Crippen LogP contribution in [-0.2, 0) is 23.9 Å². The fourth-order valence-electron chi connectivity index (χ4n) is 2.48.